The quantitative estimate of drug-likeness (QED) is 0.0321. The van der Waals surface area contributed by atoms with E-state index in [1.807, 2.05) is 6.08 Å². The number of hydrogen-bond donors (Lipinski definition) is 3. The predicted octanol–water partition coefficient (Wildman–Crippen LogP) is 16.7. The first-order valence-corrected chi connectivity index (χ1v) is 27.6. The van der Waals surface area contributed by atoms with Gasteiger partial charge in [0.1, 0.15) is 0 Å². The van der Waals surface area contributed by atoms with Crippen LogP contribution in [0.15, 0.2) is 24.3 Å². The van der Waals surface area contributed by atoms with E-state index in [0.717, 1.165) is 51.4 Å². The molecule has 0 aliphatic rings. The molecule has 2 atom stereocenters. The molecular weight excluding hydrogens is 767 g/mol. The Bertz CT molecular complexity index is 966. The number of aliphatic hydroxyl groups excluding tert-OH is 2. The summed E-state index contributed by atoms with van der Waals surface area (Å²) in [6.45, 7) is 4.88. The Kier molecular flexibility index (Phi) is 50.6. The van der Waals surface area contributed by atoms with E-state index in [2.05, 4.69) is 31.3 Å². The van der Waals surface area contributed by atoms with Crippen molar-refractivity contribution in [2.24, 2.45) is 0 Å². The second-order valence-corrected chi connectivity index (χ2v) is 18.9. The Hall–Kier alpha value is -1.66. The molecular formula is C56H107NO5. The summed E-state index contributed by atoms with van der Waals surface area (Å²) in [7, 11) is 0. The summed E-state index contributed by atoms with van der Waals surface area (Å²) < 4.78 is 5.48. The number of amides is 1. The first-order valence-electron chi connectivity index (χ1n) is 27.6. The fourth-order valence-corrected chi connectivity index (χ4v) is 8.45. The number of aliphatic hydroxyl groups is 2. The average Bonchev–Trinajstić information content (AvgIpc) is 3.27. The average molecular weight is 874 g/mol. The van der Waals surface area contributed by atoms with Crippen LogP contribution in [0.4, 0.5) is 0 Å². The number of allylic oxidation sites excluding steroid dienone is 3. The third-order valence-electron chi connectivity index (χ3n) is 12.7. The number of carbonyl (C=O) groups excluding carboxylic acids is 2. The SMILES string of the molecule is CCCCCCCC/C=C\CCCCCCCCCC(=O)OCCCCCCCCCCCCCCCCCC(=O)NC(CO)C(O)/C=C/CCCCCCCCCCCCC. The van der Waals surface area contributed by atoms with Gasteiger partial charge in [0.25, 0.3) is 0 Å². The standard InChI is InChI=1S/C56H107NO5/c1-3-5-7-9-11-13-15-17-18-19-22-26-30-34-38-42-46-50-56(61)62-51-47-43-39-35-31-27-23-20-21-25-29-33-37-41-45-49-55(60)57-53(52-58)54(59)48-44-40-36-32-28-24-16-14-12-10-8-6-4-2/h17-18,44,48,53-54,58-59H,3-16,19-43,45-47,49-52H2,1-2H3,(H,57,60)/b18-17-,48-44+. The van der Waals surface area contributed by atoms with Gasteiger partial charge in [0.05, 0.1) is 25.4 Å². The molecule has 0 radical (unpaired) electrons. The van der Waals surface area contributed by atoms with Crippen LogP contribution in [0.3, 0.4) is 0 Å². The lowest BCUT2D eigenvalue weighted by Crippen LogP contribution is -2.45. The van der Waals surface area contributed by atoms with Gasteiger partial charge in [-0.2, -0.15) is 0 Å². The molecule has 0 heterocycles. The summed E-state index contributed by atoms with van der Waals surface area (Å²) in [6.07, 6.45) is 61.8. The maximum atomic E-state index is 12.4. The van der Waals surface area contributed by atoms with Gasteiger partial charge in [0.2, 0.25) is 5.91 Å². The van der Waals surface area contributed by atoms with Crippen LogP contribution in [0, 0.1) is 0 Å². The van der Waals surface area contributed by atoms with Gasteiger partial charge in [-0.15, -0.1) is 0 Å². The molecule has 6 nitrogen and oxygen atoms in total. The van der Waals surface area contributed by atoms with Gasteiger partial charge in [-0.05, 0) is 57.8 Å². The third kappa shape index (κ3) is 47.8. The zero-order chi connectivity index (χ0) is 45.1. The minimum Gasteiger partial charge on any atom is -0.466 e. The molecule has 0 aliphatic carbocycles. The molecule has 6 heteroatoms. The summed E-state index contributed by atoms with van der Waals surface area (Å²) in [5, 5.41) is 23.0. The van der Waals surface area contributed by atoms with E-state index in [1.54, 1.807) is 6.08 Å². The van der Waals surface area contributed by atoms with Crippen molar-refractivity contribution in [1.29, 1.82) is 0 Å². The topological polar surface area (TPSA) is 95.9 Å². The minimum absolute atomic E-state index is 0.00386. The number of ether oxygens (including phenoxy) is 1. The smallest absolute Gasteiger partial charge is 0.305 e. The van der Waals surface area contributed by atoms with Gasteiger partial charge in [0, 0.05) is 12.8 Å². The summed E-state index contributed by atoms with van der Waals surface area (Å²) >= 11 is 0. The summed E-state index contributed by atoms with van der Waals surface area (Å²) in [4.78, 5) is 24.5. The van der Waals surface area contributed by atoms with Crippen molar-refractivity contribution < 1.29 is 24.5 Å². The van der Waals surface area contributed by atoms with Crippen molar-refractivity contribution in [1.82, 2.24) is 5.32 Å². The van der Waals surface area contributed by atoms with E-state index >= 15 is 0 Å². The second kappa shape index (κ2) is 52.0. The van der Waals surface area contributed by atoms with Crippen molar-refractivity contribution in [3.63, 3.8) is 0 Å². The predicted molar refractivity (Wildman–Crippen MR) is 269 cm³/mol. The van der Waals surface area contributed by atoms with Gasteiger partial charge < -0.3 is 20.3 Å². The second-order valence-electron chi connectivity index (χ2n) is 18.9. The Morgan fingerprint density at radius 2 is 0.758 bits per heavy atom. The molecule has 366 valence electrons. The van der Waals surface area contributed by atoms with Crippen molar-refractivity contribution >= 4 is 11.9 Å². The van der Waals surface area contributed by atoms with Gasteiger partial charge in [0.15, 0.2) is 0 Å². The molecule has 0 fully saturated rings. The zero-order valence-corrected chi connectivity index (χ0v) is 41.6. The molecule has 0 aliphatic heterocycles. The van der Waals surface area contributed by atoms with Crippen molar-refractivity contribution in [3.05, 3.63) is 24.3 Å². The lowest BCUT2D eigenvalue weighted by molar-refractivity contribution is -0.143. The highest BCUT2D eigenvalue weighted by Crippen LogP contribution is 2.16. The number of nitrogens with one attached hydrogen (secondary N) is 1. The van der Waals surface area contributed by atoms with E-state index in [9.17, 15) is 19.8 Å². The highest BCUT2D eigenvalue weighted by Gasteiger charge is 2.18. The summed E-state index contributed by atoms with van der Waals surface area (Å²) in [5.74, 6) is -0.0804. The first kappa shape index (κ1) is 60.3. The van der Waals surface area contributed by atoms with E-state index in [1.165, 1.54) is 218 Å². The number of rotatable bonds is 51. The van der Waals surface area contributed by atoms with Crippen LogP contribution >= 0.6 is 0 Å². The number of unbranched alkanes of at least 4 members (excludes halogenated alkanes) is 38. The minimum atomic E-state index is -0.849. The number of hydrogen-bond acceptors (Lipinski definition) is 5. The van der Waals surface area contributed by atoms with Gasteiger partial charge in [-0.1, -0.05) is 250 Å². The molecule has 0 spiro atoms. The maximum absolute atomic E-state index is 12.4. The summed E-state index contributed by atoms with van der Waals surface area (Å²) in [6, 6.07) is -0.633. The number of esters is 1. The Balaban J connectivity index is 3.44. The highest BCUT2D eigenvalue weighted by molar-refractivity contribution is 5.76. The monoisotopic (exact) mass is 874 g/mol. The zero-order valence-electron chi connectivity index (χ0n) is 41.6. The lowest BCUT2D eigenvalue weighted by Gasteiger charge is -2.20. The molecule has 0 bridgehead atoms. The van der Waals surface area contributed by atoms with Crippen molar-refractivity contribution in [2.45, 2.75) is 309 Å². The number of carbonyl (C=O) groups is 2. The fraction of sp³-hybridized carbons (Fsp3) is 0.893. The third-order valence-corrected chi connectivity index (χ3v) is 12.7. The van der Waals surface area contributed by atoms with Gasteiger partial charge in [-0.25, -0.2) is 0 Å². The molecule has 0 saturated heterocycles. The molecule has 0 aromatic carbocycles. The molecule has 2 unspecified atom stereocenters. The molecule has 62 heavy (non-hydrogen) atoms. The maximum Gasteiger partial charge on any atom is 0.305 e. The Labute approximate surface area is 386 Å². The Morgan fingerprint density at radius 1 is 0.435 bits per heavy atom. The molecule has 0 saturated carbocycles. The van der Waals surface area contributed by atoms with Crippen LogP contribution in [-0.2, 0) is 14.3 Å². The van der Waals surface area contributed by atoms with Crippen LogP contribution in [0.1, 0.15) is 296 Å². The summed E-state index contributed by atoms with van der Waals surface area (Å²) in [5.41, 5.74) is 0. The first-order chi connectivity index (χ1) is 30.5. The van der Waals surface area contributed by atoms with Gasteiger partial charge >= 0.3 is 5.97 Å². The largest absolute Gasteiger partial charge is 0.466 e. The van der Waals surface area contributed by atoms with Crippen LogP contribution in [0.5, 0.6) is 0 Å². The normalized spacial score (nSPS) is 12.8. The highest BCUT2D eigenvalue weighted by atomic mass is 16.5. The van der Waals surface area contributed by atoms with Crippen molar-refractivity contribution in [2.75, 3.05) is 13.2 Å². The van der Waals surface area contributed by atoms with Crippen LogP contribution in [-0.4, -0.2) is 47.4 Å². The van der Waals surface area contributed by atoms with Crippen LogP contribution in [0.25, 0.3) is 0 Å². The van der Waals surface area contributed by atoms with E-state index in [0.29, 0.717) is 19.4 Å². The van der Waals surface area contributed by atoms with Crippen LogP contribution < -0.4 is 5.32 Å². The molecule has 0 aromatic rings. The van der Waals surface area contributed by atoms with Crippen LogP contribution in [0.2, 0.25) is 0 Å². The lowest BCUT2D eigenvalue weighted by atomic mass is 10.0. The van der Waals surface area contributed by atoms with Crippen molar-refractivity contribution in [3.8, 4) is 0 Å². The molecule has 0 aromatic heterocycles. The molecule has 0 rings (SSSR count). The molecule has 3 N–H and O–H groups in total. The molecule has 1 amide bonds. The Morgan fingerprint density at radius 3 is 1.15 bits per heavy atom. The van der Waals surface area contributed by atoms with E-state index in [4.69, 9.17) is 4.74 Å². The van der Waals surface area contributed by atoms with E-state index in [-0.39, 0.29) is 18.5 Å². The van der Waals surface area contributed by atoms with E-state index < -0.39 is 12.1 Å². The van der Waals surface area contributed by atoms with Gasteiger partial charge in [-0.3, -0.25) is 9.59 Å². The fourth-order valence-electron chi connectivity index (χ4n) is 8.45.